The topological polar surface area (TPSA) is 78.0 Å². The zero-order valence-corrected chi connectivity index (χ0v) is 15.8. The van der Waals surface area contributed by atoms with Crippen molar-refractivity contribution in [3.63, 3.8) is 0 Å². The number of thioether (sulfide) groups is 2. The summed E-state index contributed by atoms with van der Waals surface area (Å²) in [5, 5.41) is 11.4. The lowest BCUT2D eigenvalue weighted by Crippen LogP contribution is -2.23. The van der Waals surface area contributed by atoms with E-state index in [0.29, 0.717) is 10.9 Å². The largest absolute Gasteiger partial charge is 0.272 e. The lowest BCUT2D eigenvalue weighted by atomic mass is 10.2. The Balaban J connectivity index is 1.68. The summed E-state index contributed by atoms with van der Waals surface area (Å²) >= 11 is 3.02. The van der Waals surface area contributed by atoms with E-state index in [1.807, 2.05) is 30.3 Å². The van der Waals surface area contributed by atoms with Crippen LogP contribution < -0.4 is 5.56 Å². The Bertz CT molecular complexity index is 1050. The van der Waals surface area contributed by atoms with Crippen molar-refractivity contribution in [2.24, 2.45) is 0 Å². The van der Waals surface area contributed by atoms with Crippen LogP contribution in [0.2, 0.25) is 0 Å². The molecule has 0 saturated carbocycles. The van der Waals surface area contributed by atoms with Crippen molar-refractivity contribution >= 4 is 29.2 Å². The minimum atomic E-state index is -0.413. The molecule has 27 heavy (non-hydrogen) atoms. The highest BCUT2D eigenvalue weighted by Gasteiger charge is 2.22. The third kappa shape index (κ3) is 3.63. The molecular weight excluding hydrogens is 382 g/mol. The van der Waals surface area contributed by atoms with Crippen LogP contribution in [0.3, 0.4) is 0 Å². The maximum atomic E-state index is 13.0. The van der Waals surface area contributed by atoms with Crippen LogP contribution >= 0.6 is 23.5 Å². The van der Waals surface area contributed by atoms with Gasteiger partial charge in [0.25, 0.3) is 11.2 Å². The predicted molar refractivity (Wildman–Crippen MR) is 107 cm³/mol. The van der Waals surface area contributed by atoms with Gasteiger partial charge in [0, 0.05) is 30.1 Å². The summed E-state index contributed by atoms with van der Waals surface area (Å²) in [5.41, 5.74) is 2.63. The first-order valence-electron chi connectivity index (χ1n) is 8.34. The molecule has 1 aliphatic rings. The van der Waals surface area contributed by atoms with E-state index in [9.17, 15) is 14.9 Å². The molecule has 0 radical (unpaired) electrons. The molecule has 0 fully saturated rings. The monoisotopic (exact) mass is 397 g/mol. The van der Waals surface area contributed by atoms with Gasteiger partial charge in [-0.05, 0) is 17.7 Å². The fraction of sp³-hybridized carbons (Fsp3) is 0.158. The molecule has 0 atom stereocenters. The quantitative estimate of drug-likeness (QED) is 0.279. The fourth-order valence-electron chi connectivity index (χ4n) is 2.86. The van der Waals surface area contributed by atoms with E-state index in [1.165, 1.54) is 23.9 Å². The average Bonchev–Trinajstić information content (AvgIpc) is 3.16. The normalized spacial score (nSPS) is 12.7. The molecule has 2 aromatic carbocycles. The van der Waals surface area contributed by atoms with Crippen LogP contribution in [-0.2, 0) is 12.2 Å². The third-order valence-electron chi connectivity index (χ3n) is 4.20. The van der Waals surface area contributed by atoms with Crippen LogP contribution in [0.5, 0.6) is 0 Å². The van der Waals surface area contributed by atoms with Crippen molar-refractivity contribution in [2.45, 2.75) is 22.2 Å². The van der Waals surface area contributed by atoms with Crippen molar-refractivity contribution in [3.05, 3.63) is 86.3 Å². The van der Waals surface area contributed by atoms with Crippen LogP contribution in [0.25, 0.3) is 5.69 Å². The van der Waals surface area contributed by atoms with Gasteiger partial charge in [-0.3, -0.25) is 19.5 Å². The number of fused-ring (bicyclic) bond motifs is 1. The van der Waals surface area contributed by atoms with E-state index in [2.05, 4.69) is 0 Å². The summed E-state index contributed by atoms with van der Waals surface area (Å²) in [4.78, 5) is 28.9. The molecule has 0 amide bonds. The number of nitro groups is 1. The summed E-state index contributed by atoms with van der Waals surface area (Å²) in [6, 6.07) is 15.9. The zero-order valence-electron chi connectivity index (χ0n) is 14.2. The molecule has 0 spiro atoms. The summed E-state index contributed by atoms with van der Waals surface area (Å²) in [5.74, 6) is 1.45. The summed E-state index contributed by atoms with van der Waals surface area (Å²) < 4.78 is 1.66. The first-order valence-corrected chi connectivity index (χ1v) is 10.3. The molecule has 0 aliphatic carbocycles. The van der Waals surface area contributed by atoms with Gasteiger partial charge in [-0.15, -0.1) is 11.8 Å². The number of aryl methyl sites for hydroxylation is 1. The van der Waals surface area contributed by atoms with Crippen molar-refractivity contribution in [3.8, 4) is 5.69 Å². The predicted octanol–water partition coefficient (Wildman–Crippen LogP) is 4.08. The average molecular weight is 397 g/mol. The zero-order chi connectivity index (χ0) is 18.8. The molecular formula is C19H15N3O3S2. The van der Waals surface area contributed by atoms with E-state index in [-0.39, 0.29) is 11.2 Å². The first-order chi connectivity index (χ1) is 13.1. The second-order valence-corrected chi connectivity index (χ2v) is 8.00. The Hall–Kier alpha value is -2.58. The number of hydrogen-bond acceptors (Lipinski definition) is 6. The van der Waals surface area contributed by atoms with Gasteiger partial charge in [0.05, 0.1) is 21.2 Å². The third-order valence-corrected chi connectivity index (χ3v) is 6.31. The second-order valence-electron chi connectivity index (χ2n) is 5.96. The lowest BCUT2D eigenvalue weighted by Gasteiger charge is -2.13. The molecule has 1 aromatic heterocycles. The van der Waals surface area contributed by atoms with Gasteiger partial charge in [-0.2, -0.15) is 0 Å². The van der Waals surface area contributed by atoms with Crippen LogP contribution in [-0.4, -0.2) is 20.2 Å². The highest BCUT2D eigenvalue weighted by molar-refractivity contribution is 7.99. The van der Waals surface area contributed by atoms with Crippen LogP contribution in [0, 0.1) is 10.1 Å². The van der Waals surface area contributed by atoms with E-state index in [4.69, 9.17) is 4.98 Å². The number of hydrogen-bond donors (Lipinski definition) is 0. The minimum Gasteiger partial charge on any atom is -0.268 e. The highest BCUT2D eigenvalue weighted by atomic mass is 32.2. The van der Waals surface area contributed by atoms with Gasteiger partial charge in [-0.1, -0.05) is 42.1 Å². The molecule has 8 heteroatoms. The van der Waals surface area contributed by atoms with E-state index < -0.39 is 4.92 Å². The number of benzene rings is 2. The summed E-state index contributed by atoms with van der Waals surface area (Å²) in [7, 11) is 0. The van der Waals surface area contributed by atoms with E-state index >= 15 is 0 Å². The number of rotatable bonds is 5. The van der Waals surface area contributed by atoms with Crippen molar-refractivity contribution < 1.29 is 4.92 Å². The van der Waals surface area contributed by atoms with Gasteiger partial charge in [0.15, 0.2) is 5.16 Å². The minimum absolute atomic E-state index is 0.0279. The molecule has 0 N–H and O–H groups in total. The smallest absolute Gasteiger partial charge is 0.268 e. The van der Waals surface area contributed by atoms with E-state index in [0.717, 1.165) is 34.0 Å². The molecule has 0 unspecified atom stereocenters. The summed E-state index contributed by atoms with van der Waals surface area (Å²) in [6.07, 6.45) is 0.802. The fourth-order valence-corrected chi connectivity index (χ4v) is 4.86. The SMILES string of the molecule is O=c1c2c(nc(SCc3ccc([N+](=O)[O-])cc3)n1-c1ccccc1)CCS2. The Morgan fingerprint density at radius 1 is 1.15 bits per heavy atom. The second kappa shape index (κ2) is 7.58. The van der Waals surface area contributed by atoms with Gasteiger partial charge in [-0.25, -0.2) is 4.98 Å². The molecule has 136 valence electrons. The molecule has 3 aromatic rings. The molecule has 6 nitrogen and oxygen atoms in total. The first kappa shape index (κ1) is 17.8. The standard InChI is InChI=1S/C19H15N3O3S2/c23-18-17-16(10-11-26-17)20-19(21(18)14-4-2-1-3-5-14)27-12-13-6-8-15(9-7-13)22(24)25/h1-9H,10-12H2. The van der Waals surface area contributed by atoms with Gasteiger partial charge < -0.3 is 0 Å². The maximum absolute atomic E-state index is 13.0. The summed E-state index contributed by atoms with van der Waals surface area (Å²) in [6.45, 7) is 0. The number of nitro benzene ring substituents is 1. The van der Waals surface area contributed by atoms with E-state index in [1.54, 1.807) is 28.5 Å². The number of nitrogens with zero attached hydrogens (tertiary/aromatic N) is 3. The molecule has 1 aliphatic heterocycles. The molecule has 2 heterocycles. The Morgan fingerprint density at radius 2 is 1.89 bits per heavy atom. The number of aromatic nitrogens is 2. The number of para-hydroxylation sites is 1. The Labute approximate surface area is 163 Å². The Morgan fingerprint density at radius 3 is 2.59 bits per heavy atom. The molecule has 0 saturated heterocycles. The Kier molecular flexibility index (Phi) is 5.00. The van der Waals surface area contributed by atoms with Gasteiger partial charge in [0.2, 0.25) is 0 Å². The van der Waals surface area contributed by atoms with Crippen LogP contribution in [0.15, 0.2) is 69.4 Å². The molecule has 0 bridgehead atoms. The van der Waals surface area contributed by atoms with Crippen LogP contribution in [0.4, 0.5) is 5.69 Å². The maximum Gasteiger partial charge on any atom is 0.272 e. The van der Waals surface area contributed by atoms with Gasteiger partial charge >= 0.3 is 0 Å². The van der Waals surface area contributed by atoms with Gasteiger partial charge in [0.1, 0.15) is 0 Å². The lowest BCUT2D eigenvalue weighted by molar-refractivity contribution is -0.384. The number of non-ortho nitro benzene ring substituents is 1. The molecule has 4 rings (SSSR count). The highest BCUT2D eigenvalue weighted by Crippen LogP contribution is 2.31. The van der Waals surface area contributed by atoms with Crippen molar-refractivity contribution in [2.75, 3.05) is 5.75 Å². The van der Waals surface area contributed by atoms with Crippen LogP contribution in [0.1, 0.15) is 11.3 Å². The van der Waals surface area contributed by atoms with Crippen molar-refractivity contribution in [1.29, 1.82) is 0 Å². The van der Waals surface area contributed by atoms with Crippen molar-refractivity contribution in [1.82, 2.24) is 9.55 Å².